The summed E-state index contributed by atoms with van der Waals surface area (Å²) in [6, 6.07) is 17.1. The number of hydrogen-bond acceptors (Lipinski definition) is 8. The van der Waals surface area contributed by atoms with Crippen LogP contribution in [0.3, 0.4) is 0 Å². The van der Waals surface area contributed by atoms with Gasteiger partial charge in [0.2, 0.25) is 16.9 Å². The molecule has 2 amide bonds. The molecular weight excluding hydrogens is 488 g/mol. The van der Waals surface area contributed by atoms with Gasteiger partial charge >= 0.3 is 0 Å². The standard InChI is InChI=1S/C27H30N6O3S/c1-36-22-12-7-10-20(16-22)18-25(35)29-27-33-32-26(37-27)13-6-5-11-21-14-15-23(31-30-21)28-24(34)17-19-8-3-2-4-9-19/h2-4,7-10,12,14-16,30-31H,5-6,11,13,17-18H2,1H3,(H,28,34)(H,29,33,35). The number of hydrogen-bond donors (Lipinski definition) is 4. The summed E-state index contributed by atoms with van der Waals surface area (Å²) in [5.74, 6) is 1.14. The Kier molecular flexibility index (Phi) is 9.25. The number of benzene rings is 2. The molecule has 192 valence electrons. The molecule has 3 aromatic rings. The van der Waals surface area contributed by atoms with Crippen molar-refractivity contribution in [2.75, 3.05) is 12.4 Å². The first-order chi connectivity index (χ1) is 18.1. The maximum atomic E-state index is 12.3. The minimum Gasteiger partial charge on any atom is -0.497 e. The lowest BCUT2D eigenvalue weighted by molar-refractivity contribution is -0.120. The van der Waals surface area contributed by atoms with Crippen LogP contribution >= 0.6 is 11.3 Å². The molecule has 0 radical (unpaired) electrons. The number of rotatable bonds is 12. The summed E-state index contributed by atoms with van der Waals surface area (Å²) in [4.78, 5) is 24.5. The van der Waals surface area contributed by atoms with E-state index in [1.807, 2.05) is 66.7 Å². The molecule has 0 spiro atoms. The molecular formula is C27H30N6O3S. The summed E-state index contributed by atoms with van der Waals surface area (Å²) in [6.45, 7) is 0. The van der Waals surface area contributed by atoms with Gasteiger partial charge in [-0.25, -0.2) is 0 Å². The van der Waals surface area contributed by atoms with E-state index in [-0.39, 0.29) is 18.2 Å². The summed E-state index contributed by atoms with van der Waals surface area (Å²) >= 11 is 1.40. The third kappa shape index (κ3) is 8.46. The predicted octanol–water partition coefficient (Wildman–Crippen LogP) is 3.63. The molecule has 0 bridgehead atoms. The van der Waals surface area contributed by atoms with Gasteiger partial charge in [-0.15, -0.1) is 10.2 Å². The normalized spacial score (nSPS) is 12.5. The lowest BCUT2D eigenvalue weighted by Gasteiger charge is -2.20. The fraction of sp³-hybridized carbons (Fsp3) is 0.259. The van der Waals surface area contributed by atoms with Crippen molar-refractivity contribution in [2.24, 2.45) is 0 Å². The topological polar surface area (TPSA) is 117 Å². The van der Waals surface area contributed by atoms with Crippen LogP contribution in [0.5, 0.6) is 5.75 Å². The average molecular weight is 519 g/mol. The van der Waals surface area contributed by atoms with Crippen LogP contribution in [-0.4, -0.2) is 29.1 Å². The molecule has 0 saturated carbocycles. The highest BCUT2D eigenvalue weighted by Gasteiger charge is 2.11. The van der Waals surface area contributed by atoms with Crippen LogP contribution in [0.2, 0.25) is 0 Å². The Morgan fingerprint density at radius 2 is 1.62 bits per heavy atom. The Morgan fingerprint density at radius 1 is 0.865 bits per heavy atom. The van der Waals surface area contributed by atoms with Crippen LogP contribution in [0.1, 0.15) is 35.4 Å². The zero-order valence-corrected chi connectivity index (χ0v) is 21.4. The molecule has 0 saturated heterocycles. The lowest BCUT2D eigenvalue weighted by atomic mass is 10.1. The molecule has 0 fully saturated rings. The van der Waals surface area contributed by atoms with Gasteiger partial charge in [-0.1, -0.05) is 53.8 Å². The molecule has 37 heavy (non-hydrogen) atoms. The third-order valence-corrected chi connectivity index (χ3v) is 6.49. The SMILES string of the molecule is COc1cccc(CC(=O)Nc2nnc(CCCCC3=CC=C(NC(=O)Cc4ccccc4)NN3)s2)c1. The highest BCUT2D eigenvalue weighted by molar-refractivity contribution is 7.15. The van der Waals surface area contributed by atoms with Crippen molar-refractivity contribution in [3.63, 3.8) is 0 Å². The Balaban J connectivity index is 1.14. The number of unbranched alkanes of at least 4 members (excludes halogenated alkanes) is 1. The van der Waals surface area contributed by atoms with Crippen molar-refractivity contribution in [3.8, 4) is 5.75 Å². The van der Waals surface area contributed by atoms with Gasteiger partial charge in [0.15, 0.2) is 0 Å². The van der Waals surface area contributed by atoms with Gasteiger partial charge in [-0.3, -0.25) is 15.0 Å². The van der Waals surface area contributed by atoms with Crippen molar-refractivity contribution in [1.29, 1.82) is 0 Å². The van der Waals surface area contributed by atoms with Crippen LogP contribution < -0.4 is 26.2 Å². The number of carbonyl (C=O) groups is 2. The largest absolute Gasteiger partial charge is 0.497 e. The Labute approximate surface area is 220 Å². The quantitative estimate of drug-likeness (QED) is 0.271. The number of ether oxygens (including phenoxy) is 1. The number of aromatic nitrogens is 2. The second-order valence-corrected chi connectivity index (χ2v) is 9.58. The zero-order chi connectivity index (χ0) is 25.9. The maximum Gasteiger partial charge on any atom is 0.230 e. The first-order valence-corrected chi connectivity index (χ1v) is 12.9. The van der Waals surface area contributed by atoms with Crippen LogP contribution in [0.25, 0.3) is 0 Å². The molecule has 2 heterocycles. The predicted molar refractivity (Wildman–Crippen MR) is 144 cm³/mol. The molecule has 10 heteroatoms. The van der Waals surface area contributed by atoms with Crippen LogP contribution in [0, 0.1) is 0 Å². The maximum absolute atomic E-state index is 12.3. The van der Waals surface area contributed by atoms with E-state index < -0.39 is 0 Å². The van der Waals surface area contributed by atoms with Gasteiger partial charge in [0.1, 0.15) is 16.6 Å². The van der Waals surface area contributed by atoms with Crippen molar-refractivity contribution in [3.05, 3.63) is 94.4 Å². The minimum atomic E-state index is -0.137. The van der Waals surface area contributed by atoms with Crippen LogP contribution in [0.15, 0.2) is 78.3 Å². The van der Waals surface area contributed by atoms with Gasteiger partial charge in [-0.2, -0.15) is 0 Å². The van der Waals surface area contributed by atoms with Crippen LogP contribution in [-0.2, 0) is 28.9 Å². The van der Waals surface area contributed by atoms with E-state index in [0.29, 0.717) is 17.4 Å². The molecule has 0 atom stereocenters. The van der Waals surface area contributed by atoms with E-state index in [0.717, 1.165) is 53.3 Å². The van der Waals surface area contributed by atoms with E-state index in [9.17, 15) is 9.59 Å². The number of aryl methyl sites for hydroxylation is 1. The number of nitrogens with one attached hydrogen (secondary N) is 4. The van der Waals surface area contributed by atoms with E-state index in [4.69, 9.17) is 4.74 Å². The molecule has 0 aliphatic carbocycles. The Hall–Kier alpha value is -4.18. The lowest BCUT2D eigenvalue weighted by Crippen LogP contribution is -2.41. The number of methoxy groups -OCH3 is 1. The van der Waals surface area contributed by atoms with Crippen molar-refractivity contribution >= 4 is 28.3 Å². The summed E-state index contributed by atoms with van der Waals surface area (Å²) in [7, 11) is 1.60. The first kappa shape index (κ1) is 25.9. The first-order valence-electron chi connectivity index (χ1n) is 12.1. The van der Waals surface area contributed by atoms with Gasteiger partial charge in [0.05, 0.1) is 20.0 Å². The fourth-order valence-electron chi connectivity index (χ4n) is 3.74. The van der Waals surface area contributed by atoms with Gasteiger partial charge in [0, 0.05) is 12.1 Å². The summed E-state index contributed by atoms with van der Waals surface area (Å²) < 4.78 is 5.20. The number of carbonyl (C=O) groups excluding carboxylic acids is 2. The Morgan fingerprint density at radius 3 is 2.41 bits per heavy atom. The molecule has 4 N–H and O–H groups in total. The fourth-order valence-corrected chi connectivity index (χ4v) is 4.54. The van der Waals surface area contributed by atoms with Gasteiger partial charge in [0.25, 0.3) is 0 Å². The van der Waals surface area contributed by atoms with E-state index in [1.165, 1.54) is 11.3 Å². The second kappa shape index (κ2) is 13.2. The number of amides is 2. The number of anilines is 1. The molecule has 2 aromatic carbocycles. The number of allylic oxidation sites excluding steroid dienone is 3. The monoisotopic (exact) mass is 518 g/mol. The van der Waals surface area contributed by atoms with Gasteiger partial charge in [-0.05, 0) is 54.7 Å². The van der Waals surface area contributed by atoms with Gasteiger partial charge < -0.3 is 20.8 Å². The highest BCUT2D eigenvalue weighted by Crippen LogP contribution is 2.19. The molecule has 9 nitrogen and oxygen atoms in total. The van der Waals surface area contributed by atoms with Crippen molar-refractivity contribution in [1.82, 2.24) is 26.4 Å². The second-order valence-electron chi connectivity index (χ2n) is 8.52. The van der Waals surface area contributed by atoms with Crippen molar-refractivity contribution < 1.29 is 14.3 Å². The molecule has 1 aromatic heterocycles. The Bertz CT molecular complexity index is 1270. The molecule has 1 aliphatic rings. The van der Waals surface area contributed by atoms with Crippen molar-refractivity contribution in [2.45, 2.75) is 38.5 Å². The summed E-state index contributed by atoms with van der Waals surface area (Å²) in [5.41, 5.74) is 9.06. The number of nitrogens with zero attached hydrogens (tertiary/aromatic N) is 2. The van der Waals surface area contributed by atoms with E-state index >= 15 is 0 Å². The average Bonchev–Trinajstić information content (AvgIpc) is 3.35. The minimum absolute atomic E-state index is 0.0727. The summed E-state index contributed by atoms with van der Waals surface area (Å²) in [5, 5.41) is 15.4. The summed E-state index contributed by atoms with van der Waals surface area (Å²) in [6.07, 6.45) is 7.95. The molecule has 4 rings (SSSR count). The smallest absolute Gasteiger partial charge is 0.230 e. The highest BCUT2D eigenvalue weighted by atomic mass is 32.1. The number of hydrazine groups is 1. The van der Waals surface area contributed by atoms with Crippen LogP contribution in [0.4, 0.5) is 5.13 Å². The zero-order valence-electron chi connectivity index (χ0n) is 20.6. The molecule has 0 unspecified atom stereocenters. The van der Waals surface area contributed by atoms with E-state index in [1.54, 1.807) is 7.11 Å². The van der Waals surface area contributed by atoms with E-state index in [2.05, 4.69) is 31.7 Å². The third-order valence-electron chi connectivity index (χ3n) is 5.59. The molecule has 1 aliphatic heterocycles.